The molecule has 28 heavy (non-hydrogen) atoms. The predicted octanol–water partition coefficient (Wildman–Crippen LogP) is 5.00. The van der Waals surface area contributed by atoms with Crippen LogP contribution in [0.3, 0.4) is 0 Å². The number of hydrogen-bond acceptors (Lipinski definition) is 6. The van der Waals surface area contributed by atoms with Crippen LogP contribution in [0, 0.1) is 6.92 Å². The van der Waals surface area contributed by atoms with Crippen molar-refractivity contribution in [2.75, 3.05) is 18.4 Å². The van der Waals surface area contributed by atoms with Crippen LogP contribution in [0.25, 0.3) is 11.3 Å². The summed E-state index contributed by atoms with van der Waals surface area (Å²) in [4.78, 5) is 19.9. The molecule has 8 heteroatoms. The molecule has 6 nitrogen and oxygen atoms in total. The van der Waals surface area contributed by atoms with Crippen molar-refractivity contribution in [3.63, 3.8) is 0 Å². The summed E-state index contributed by atoms with van der Waals surface area (Å²) in [5.41, 5.74) is 2.46. The van der Waals surface area contributed by atoms with Crippen molar-refractivity contribution in [1.29, 1.82) is 0 Å². The summed E-state index contributed by atoms with van der Waals surface area (Å²) in [6, 6.07) is 7.26. The fraction of sp³-hybridized carbons (Fsp3) is 0.350. The van der Waals surface area contributed by atoms with Crippen LogP contribution in [0.2, 0.25) is 5.02 Å². The van der Waals surface area contributed by atoms with Crippen LogP contribution in [0.5, 0.6) is 0 Å². The minimum absolute atomic E-state index is 0.299. The number of likely N-dealkylation sites (tertiary alicyclic amines) is 1. The molecule has 1 amide bonds. The number of carbonyl (C=O) groups is 1. The molecule has 0 aliphatic carbocycles. The van der Waals surface area contributed by atoms with E-state index in [1.165, 1.54) is 30.6 Å². The number of nitrogens with one attached hydrogen (secondary N) is 1. The quantitative estimate of drug-likeness (QED) is 0.633. The number of benzene rings is 1. The van der Waals surface area contributed by atoms with E-state index in [0.717, 1.165) is 25.3 Å². The van der Waals surface area contributed by atoms with E-state index < -0.39 is 0 Å². The summed E-state index contributed by atoms with van der Waals surface area (Å²) in [6.45, 7) is 4.76. The smallest absolute Gasteiger partial charge is 0.263 e. The highest BCUT2D eigenvalue weighted by atomic mass is 35.5. The van der Waals surface area contributed by atoms with E-state index in [0.29, 0.717) is 32.7 Å². The molecular weight excluding hydrogens is 396 g/mol. The van der Waals surface area contributed by atoms with Gasteiger partial charge in [0.2, 0.25) is 0 Å². The molecular formula is C20H21ClN4O2S. The highest BCUT2D eigenvalue weighted by Crippen LogP contribution is 2.31. The number of aromatic nitrogens is 2. The molecule has 0 unspecified atom stereocenters. The number of nitrogens with zero attached hydrogens (tertiary/aromatic N) is 3. The molecule has 4 rings (SSSR count). The maximum Gasteiger partial charge on any atom is 0.263 e. The maximum atomic E-state index is 12.9. The lowest BCUT2D eigenvalue weighted by Gasteiger charge is -2.25. The van der Waals surface area contributed by atoms with Gasteiger partial charge in [0, 0.05) is 17.5 Å². The van der Waals surface area contributed by atoms with E-state index in [1.54, 1.807) is 13.0 Å². The number of aryl methyl sites for hydroxylation is 1. The lowest BCUT2D eigenvalue weighted by molar-refractivity contribution is 0.102. The fourth-order valence-electron chi connectivity index (χ4n) is 3.42. The lowest BCUT2D eigenvalue weighted by Crippen LogP contribution is -2.29. The first-order chi connectivity index (χ1) is 13.6. The number of rotatable bonds is 5. The Labute approximate surface area is 172 Å². The highest BCUT2D eigenvalue weighted by molar-refractivity contribution is 7.14. The van der Waals surface area contributed by atoms with E-state index in [2.05, 4.69) is 20.4 Å². The number of anilines is 1. The van der Waals surface area contributed by atoms with Crippen molar-refractivity contribution in [2.45, 2.75) is 32.7 Å². The molecule has 1 N–H and O–H groups in total. The SMILES string of the molecule is Cc1onc(-c2ccccc2Cl)c1C(=O)Nc1nc(CN2CCCCC2)cs1. The van der Waals surface area contributed by atoms with Crippen molar-refractivity contribution >= 4 is 34.0 Å². The summed E-state index contributed by atoms with van der Waals surface area (Å²) in [5.74, 6) is 0.144. The van der Waals surface area contributed by atoms with Crippen molar-refractivity contribution in [3.05, 3.63) is 51.7 Å². The van der Waals surface area contributed by atoms with E-state index >= 15 is 0 Å². The fourth-order valence-corrected chi connectivity index (χ4v) is 4.34. The molecule has 2 aromatic heterocycles. The predicted molar refractivity (Wildman–Crippen MR) is 111 cm³/mol. The Morgan fingerprint density at radius 2 is 2.07 bits per heavy atom. The molecule has 0 bridgehead atoms. The van der Waals surface area contributed by atoms with Crippen LogP contribution in [-0.4, -0.2) is 34.0 Å². The maximum absolute atomic E-state index is 12.9. The van der Waals surface area contributed by atoms with Crippen LogP contribution >= 0.6 is 22.9 Å². The molecule has 1 aliphatic rings. The zero-order valence-corrected chi connectivity index (χ0v) is 17.1. The van der Waals surface area contributed by atoms with E-state index in [9.17, 15) is 4.79 Å². The van der Waals surface area contributed by atoms with Crippen molar-refractivity contribution in [2.24, 2.45) is 0 Å². The Bertz CT molecular complexity index is 978. The third kappa shape index (κ3) is 4.11. The Morgan fingerprint density at radius 1 is 1.29 bits per heavy atom. The van der Waals surface area contributed by atoms with Gasteiger partial charge in [-0.2, -0.15) is 0 Å². The van der Waals surface area contributed by atoms with Gasteiger partial charge in [-0.1, -0.05) is 41.4 Å². The zero-order chi connectivity index (χ0) is 19.5. The van der Waals surface area contributed by atoms with E-state index in [-0.39, 0.29) is 5.91 Å². The molecule has 1 aromatic carbocycles. The average Bonchev–Trinajstić information content (AvgIpc) is 3.29. The number of piperidine rings is 1. The number of thiazole rings is 1. The summed E-state index contributed by atoms with van der Waals surface area (Å²) in [7, 11) is 0. The number of carbonyl (C=O) groups excluding carboxylic acids is 1. The lowest BCUT2D eigenvalue weighted by atomic mass is 10.1. The van der Waals surface area contributed by atoms with Crippen molar-refractivity contribution in [1.82, 2.24) is 15.0 Å². The molecule has 1 saturated heterocycles. The van der Waals surface area contributed by atoms with E-state index in [4.69, 9.17) is 16.1 Å². The average molecular weight is 417 g/mol. The molecule has 1 aliphatic heterocycles. The van der Waals surface area contributed by atoms with Gasteiger partial charge in [-0.05, 0) is 38.9 Å². The normalized spacial score (nSPS) is 14.9. The largest absolute Gasteiger partial charge is 0.360 e. The number of hydrogen-bond donors (Lipinski definition) is 1. The third-order valence-corrected chi connectivity index (χ3v) is 5.96. The second kappa shape index (κ2) is 8.43. The highest BCUT2D eigenvalue weighted by Gasteiger charge is 2.24. The van der Waals surface area contributed by atoms with Gasteiger partial charge in [0.05, 0.1) is 10.7 Å². The minimum atomic E-state index is -0.299. The molecule has 0 atom stereocenters. The topological polar surface area (TPSA) is 71.3 Å². The van der Waals surface area contributed by atoms with Gasteiger partial charge in [0.25, 0.3) is 5.91 Å². The van der Waals surface area contributed by atoms with Crippen LogP contribution < -0.4 is 5.32 Å². The summed E-state index contributed by atoms with van der Waals surface area (Å²) >= 11 is 7.70. The van der Waals surface area contributed by atoms with Gasteiger partial charge in [0.1, 0.15) is 17.0 Å². The van der Waals surface area contributed by atoms with Crippen LogP contribution in [0.15, 0.2) is 34.2 Å². The Hall–Kier alpha value is -2.22. The molecule has 0 radical (unpaired) electrons. The van der Waals surface area contributed by atoms with Gasteiger partial charge < -0.3 is 4.52 Å². The first kappa shape index (κ1) is 19.1. The number of amides is 1. The first-order valence-corrected chi connectivity index (χ1v) is 10.6. The molecule has 0 saturated carbocycles. The Morgan fingerprint density at radius 3 is 2.86 bits per heavy atom. The van der Waals surface area contributed by atoms with Gasteiger partial charge >= 0.3 is 0 Å². The van der Waals surface area contributed by atoms with Gasteiger partial charge in [0.15, 0.2) is 5.13 Å². The monoisotopic (exact) mass is 416 g/mol. The summed E-state index contributed by atoms with van der Waals surface area (Å²) in [5, 5.41) is 10.0. The Kier molecular flexibility index (Phi) is 5.75. The Balaban J connectivity index is 1.50. The van der Waals surface area contributed by atoms with Crippen LogP contribution in [0.1, 0.15) is 41.1 Å². The summed E-state index contributed by atoms with van der Waals surface area (Å²) < 4.78 is 5.28. The van der Waals surface area contributed by atoms with Gasteiger partial charge in [-0.15, -0.1) is 11.3 Å². The van der Waals surface area contributed by atoms with Crippen LogP contribution in [0.4, 0.5) is 5.13 Å². The zero-order valence-electron chi connectivity index (χ0n) is 15.6. The molecule has 0 spiro atoms. The third-order valence-electron chi connectivity index (χ3n) is 4.83. The second-order valence-electron chi connectivity index (χ2n) is 6.88. The van der Waals surface area contributed by atoms with E-state index in [1.807, 2.05) is 23.6 Å². The molecule has 146 valence electrons. The minimum Gasteiger partial charge on any atom is -0.360 e. The van der Waals surface area contributed by atoms with Gasteiger partial charge in [-0.3, -0.25) is 15.0 Å². The van der Waals surface area contributed by atoms with Crippen molar-refractivity contribution in [3.8, 4) is 11.3 Å². The first-order valence-electron chi connectivity index (χ1n) is 9.31. The van der Waals surface area contributed by atoms with Gasteiger partial charge in [-0.25, -0.2) is 4.98 Å². The number of halogens is 1. The van der Waals surface area contributed by atoms with Crippen molar-refractivity contribution < 1.29 is 9.32 Å². The summed E-state index contributed by atoms with van der Waals surface area (Å²) in [6.07, 6.45) is 3.79. The second-order valence-corrected chi connectivity index (χ2v) is 8.14. The standard InChI is InChI=1S/C20H21ClN4O2S/c1-13-17(18(24-27-13)15-7-3-4-8-16(15)21)19(26)23-20-22-14(12-28-20)11-25-9-5-2-6-10-25/h3-4,7-8,12H,2,5-6,9-11H2,1H3,(H,22,23,26). The molecule has 3 heterocycles. The van der Waals surface area contributed by atoms with Crippen LogP contribution in [-0.2, 0) is 6.54 Å². The molecule has 1 fully saturated rings. The molecule has 3 aromatic rings.